The molecule has 0 radical (unpaired) electrons. The zero-order valence-electron chi connectivity index (χ0n) is 19.9. The number of benzene rings is 2. The molecule has 0 unspecified atom stereocenters. The summed E-state index contributed by atoms with van der Waals surface area (Å²) < 4.78 is 60.7. The maximum Gasteiger partial charge on any atom is 0.257 e. The number of amides is 1. The van der Waals surface area contributed by atoms with E-state index in [1.54, 1.807) is 13.8 Å². The summed E-state index contributed by atoms with van der Waals surface area (Å²) in [6.07, 6.45) is 3.52. The minimum atomic E-state index is -3.82. The SMILES string of the molecule is COc1ccc(S(=O)(=O)NC(C)C)cc1NC(=O)c1cc(S(=O)(=O)N2CCCCCC2)ccc1Cl. The van der Waals surface area contributed by atoms with Crippen LogP contribution < -0.4 is 14.8 Å². The molecule has 1 amide bonds. The van der Waals surface area contributed by atoms with Crippen LogP contribution in [0.25, 0.3) is 0 Å². The van der Waals surface area contributed by atoms with Crippen LogP contribution in [0, 0.1) is 0 Å². The number of methoxy groups -OCH3 is 1. The molecule has 0 spiro atoms. The molecule has 9 nitrogen and oxygen atoms in total. The van der Waals surface area contributed by atoms with E-state index >= 15 is 0 Å². The Morgan fingerprint density at radius 1 is 0.971 bits per heavy atom. The summed E-state index contributed by atoms with van der Waals surface area (Å²) in [5.41, 5.74) is 0.0409. The Morgan fingerprint density at radius 2 is 1.60 bits per heavy atom. The molecule has 2 aromatic carbocycles. The molecule has 12 heteroatoms. The van der Waals surface area contributed by atoms with Gasteiger partial charge in [-0.1, -0.05) is 24.4 Å². The number of hydrogen-bond donors (Lipinski definition) is 2. The quantitative estimate of drug-likeness (QED) is 0.521. The smallest absolute Gasteiger partial charge is 0.257 e. The van der Waals surface area contributed by atoms with Gasteiger partial charge < -0.3 is 10.1 Å². The van der Waals surface area contributed by atoms with Gasteiger partial charge in [0.25, 0.3) is 5.91 Å². The molecule has 0 aromatic heterocycles. The number of carbonyl (C=O) groups excluding carboxylic acids is 1. The van der Waals surface area contributed by atoms with E-state index in [9.17, 15) is 21.6 Å². The van der Waals surface area contributed by atoms with Crippen molar-refractivity contribution in [2.24, 2.45) is 0 Å². The lowest BCUT2D eigenvalue weighted by atomic mass is 10.2. The zero-order chi connectivity index (χ0) is 25.8. The lowest BCUT2D eigenvalue weighted by molar-refractivity contribution is 0.102. The average molecular weight is 544 g/mol. The van der Waals surface area contributed by atoms with E-state index in [0.717, 1.165) is 25.7 Å². The van der Waals surface area contributed by atoms with Crippen LogP contribution in [0.1, 0.15) is 49.9 Å². The van der Waals surface area contributed by atoms with Crippen LogP contribution in [0.3, 0.4) is 0 Å². The van der Waals surface area contributed by atoms with E-state index in [-0.39, 0.29) is 37.9 Å². The zero-order valence-corrected chi connectivity index (χ0v) is 22.3. The van der Waals surface area contributed by atoms with Crippen molar-refractivity contribution in [2.75, 3.05) is 25.5 Å². The number of hydrogen-bond acceptors (Lipinski definition) is 6. The number of carbonyl (C=O) groups is 1. The lowest BCUT2D eigenvalue weighted by Gasteiger charge is -2.20. The van der Waals surface area contributed by atoms with E-state index in [2.05, 4.69) is 10.0 Å². The highest BCUT2D eigenvalue weighted by Crippen LogP contribution is 2.30. The average Bonchev–Trinajstić information content (AvgIpc) is 3.08. The largest absolute Gasteiger partial charge is 0.495 e. The Hall–Kier alpha value is -2.18. The molecule has 3 rings (SSSR count). The minimum absolute atomic E-state index is 0.0293. The van der Waals surface area contributed by atoms with E-state index in [4.69, 9.17) is 16.3 Å². The molecule has 2 N–H and O–H groups in total. The first-order valence-corrected chi connectivity index (χ1v) is 14.6. The first-order valence-electron chi connectivity index (χ1n) is 11.3. The van der Waals surface area contributed by atoms with Gasteiger partial charge in [0, 0.05) is 19.1 Å². The van der Waals surface area contributed by atoms with Crippen LogP contribution in [-0.4, -0.2) is 53.3 Å². The molecule has 0 bridgehead atoms. The van der Waals surface area contributed by atoms with Gasteiger partial charge in [-0.2, -0.15) is 4.31 Å². The predicted octanol–water partition coefficient (Wildman–Crippen LogP) is 3.85. The van der Waals surface area contributed by atoms with E-state index in [1.807, 2.05) is 0 Å². The minimum Gasteiger partial charge on any atom is -0.495 e. The Bertz CT molecular complexity index is 1290. The summed E-state index contributed by atoms with van der Waals surface area (Å²) in [6, 6.07) is 7.72. The van der Waals surface area contributed by atoms with Crippen LogP contribution in [0.5, 0.6) is 5.75 Å². The van der Waals surface area contributed by atoms with Crippen LogP contribution in [0.15, 0.2) is 46.2 Å². The Labute approximate surface area is 211 Å². The maximum atomic E-state index is 13.2. The second-order valence-corrected chi connectivity index (χ2v) is 12.6. The topological polar surface area (TPSA) is 122 Å². The van der Waals surface area contributed by atoms with Gasteiger partial charge >= 0.3 is 0 Å². The molecule has 0 atom stereocenters. The van der Waals surface area contributed by atoms with Crippen molar-refractivity contribution < 1.29 is 26.4 Å². The monoisotopic (exact) mass is 543 g/mol. The highest BCUT2D eigenvalue weighted by atomic mass is 35.5. The van der Waals surface area contributed by atoms with Crippen LogP contribution in [-0.2, 0) is 20.0 Å². The van der Waals surface area contributed by atoms with Gasteiger partial charge in [-0.15, -0.1) is 0 Å². The number of ether oxygens (including phenoxy) is 1. The fraction of sp³-hybridized carbons (Fsp3) is 0.435. The summed E-state index contributed by atoms with van der Waals surface area (Å²) >= 11 is 6.25. The lowest BCUT2D eigenvalue weighted by Crippen LogP contribution is -2.32. The van der Waals surface area contributed by atoms with Crippen LogP contribution >= 0.6 is 11.6 Å². The molecule has 1 fully saturated rings. The Morgan fingerprint density at radius 3 is 2.20 bits per heavy atom. The molecule has 1 saturated heterocycles. The molecule has 1 aliphatic rings. The standard InChI is InChI=1S/C23H30ClN3O6S2/c1-16(2)26-34(29,30)17-9-11-22(33-3)21(15-17)25-23(28)19-14-18(8-10-20(19)24)35(31,32)27-12-6-4-5-7-13-27/h8-11,14-16,26H,4-7,12-13H2,1-3H3,(H,25,28). The van der Waals surface area contributed by atoms with E-state index in [0.29, 0.717) is 13.1 Å². The Balaban J connectivity index is 1.93. The summed E-state index contributed by atoms with van der Waals surface area (Å²) in [5.74, 6) is -0.473. The van der Waals surface area contributed by atoms with Gasteiger partial charge in [0.05, 0.1) is 33.2 Å². The summed E-state index contributed by atoms with van der Waals surface area (Å²) in [6.45, 7) is 4.24. The van der Waals surface area contributed by atoms with Crippen LogP contribution in [0.2, 0.25) is 5.02 Å². The van der Waals surface area contributed by atoms with Crippen molar-refractivity contribution in [3.8, 4) is 5.75 Å². The summed E-state index contributed by atoms with van der Waals surface area (Å²) in [7, 11) is -6.24. The highest BCUT2D eigenvalue weighted by molar-refractivity contribution is 7.89. The van der Waals surface area contributed by atoms with Gasteiger partial charge in [0.15, 0.2) is 0 Å². The summed E-state index contributed by atoms with van der Waals surface area (Å²) in [5, 5.41) is 2.66. The van der Waals surface area contributed by atoms with Crippen molar-refractivity contribution >= 4 is 43.2 Å². The third-order valence-corrected chi connectivity index (χ3v) is 9.39. The molecular weight excluding hydrogens is 514 g/mol. The van der Waals surface area contributed by atoms with Crippen LogP contribution in [0.4, 0.5) is 5.69 Å². The van der Waals surface area contributed by atoms with Gasteiger partial charge in [-0.3, -0.25) is 4.79 Å². The van der Waals surface area contributed by atoms with Crippen molar-refractivity contribution in [1.82, 2.24) is 9.03 Å². The molecule has 0 aliphatic carbocycles. The Kier molecular flexibility index (Phi) is 8.81. The first kappa shape index (κ1) is 27.4. The van der Waals surface area contributed by atoms with Crippen molar-refractivity contribution in [3.63, 3.8) is 0 Å². The molecule has 2 aromatic rings. The molecular formula is C23H30ClN3O6S2. The predicted molar refractivity (Wildman–Crippen MR) is 135 cm³/mol. The van der Waals surface area contributed by atoms with E-state index < -0.39 is 26.0 Å². The molecule has 0 saturated carbocycles. The molecule has 35 heavy (non-hydrogen) atoms. The molecule has 192 valence electrons. The van der Waals surface area contributed by atoms with Crippen molar-refractivity contribution in [1.29, 1.82) is 0 Å². The highest BCUT2D eigenvalue weighted by Gasteiger charge is 2.27. The normalized spacial score (nSPS) is 15.6. The first-order chi connectivity index (χ1) is 16.5. The maximum absolute atomic E-state index is 13.2. The number of anilines is 1. The fourth-order valence-corrected chi connectivity index (χ4v) is 6.81. The second-order valence-electron chi connectivity index (χ2n) is 8.55. The van der Waals surface area contributed by atoms with Crippen molar-refractivity contribution in [3.05, 3.63) is 47.0 Å². The summed E-state index contributed by atoms with van der Waals surface area (Å²) in [4.78, 5) is 13.0. The van der Waals surface area contributed by atoms with Gasteiger partial charge in [0.1, 0.15) is 5.75 Å². The molecule has 1 aliphatic heterocycles. The fourth-order valence-electron chi connectivity index (χ4n) is 3.79. The number of nitrogens with zero attached hydrogens (tertiary/aromatic N) is 1. The van der Waals surface area contributed by atoms with E-state index in [1.165, 1.54) is 47.8 Å². The molecule has 1 heterocycles. The third-order valence-electron chi connectivity index (χ3n) is 5.51. The van der Waals surface area contributed by atoms with Gasteiger partial charge in [-0.25, -0.2) is 21.6 Å². The number of rotatable bonds is 8. The second kappa shape index (κ2) is 11.3. The third kappa shape index (κ3) is 6.53. The number of nitrogens with one attached hydrogen (secondary N) is 2. The number of halogens is 1. The van der Waals surface area contributed by atoms with Gasteiger partial charge in [0.2, 0.25) is 20.0 Å². The van der Waals surface area contributed by atoms with Crippen molar-refractivity contribution in [2.45, 2.75) is 55.4 Å². The number of sulfonamides is 2. The van der Waals surface area contributed by atoms with Gasteiger partial charge in [-0.05, 0) is 63.1 Å².